The van der Waals surface area contributed by atoms with Gasteiger partial charge in [-0.2, -0.15) is 5.16 Å². The van der Waals surface area contributed by atoms with Gasteiger partial charge in [0, 0.05) is 56.5 Å². The molecule has 0 unspecified atom stereocenters. The van der Waals surface area contributed by atoms with Gasteiger partial charge < -0.3 is 14.7 Å². The molecule has 4 rings (SSSR count). The van der Waals surface area contributed by atoms with Crippen LogP contribution in [0.1, 0.15) is 51.7 Å². The summed E-state index contributed by atoms with van der Waals surface area (Å²) in [5.74, 6) is 1.63. The molecule has 1 aromatic heterocycles. The minimum Gasteiger partial charge on any atom is -0.384 e. The molecule has 0 spiro atoms. The van der Waals surface area contributed by atoms with E-state index in [9.17, 15) is 14.4 Å². The maximum absolute atomic E-state index is 12.9. The standard InChI is InChI=1S/C22H34N4O4/c1-14(2)22(29)23-11-19-16-9-15(18-5-3-4-8-26(18)19)12-25(13-16)21(28)7-6-17-10-20(27)24-30-17/h10,14-16,18-19H,3-9,11-13H2,1-2H3,(H,23,29)(H,24,27)/t15-,16+,18+,19+/m1/s1. The second-order valence-corrected chi connectivity index (χ2v) is 9.50. The molecule has 8 heteroatoms. The highest BCUT2D eigenvalue weighted by molar-refractivity contribution is 5.78. The average molecular weight is 419 g/mol. The maximum atomic E-state index is 12.9. The summed E-state index contributed by atoms with van der Waals surface area (Å²) in [6.07, 6.45) is 5.57. The molecule has 3 saturated heterocycles. The van der Waals surface area contributed by atoms with Gasteiger partial charge in [0.1, 0.15) is 5.76 Å². The molecule has 2 amide bonds. The quantitative estimate of drug-likeness (QED) is 0.727. The number of aromatic nitrogens is 1. The Morgan fingerprint density at radius 2 is 2.07 bits per heavy atom. The second kappa shape index (κ2) is 8.96. The molecule has 8 nitrogen and oxygen atoms in total. The van der Waals surface area contributed by atoms with Crippen LogP contribution in [-0.4, -0.2) is 65.0 Å². The number of piperidine rings is 3. The van der Waals surface area contributed by atoms with E-state index in [0.29, 0.717) is 49.1 Å². The van der Waals surface area contributed by atoms with E-state index in [1.807, 2.05) is 18.7 Å². The zero-order chi connectivity index (χ0) is 21.3. The Morgan fingerprint density at radius 1 is 1.27 bits per heavy atom. The molecule has 4 atom stereocenters. The molecule has 0 saturated carbocycles. The molecule has 30 heavy (non-hydrogen) atoms. The molecule has 2 N–H and O–H groups in total. The number of amides is 2. The first-order valence-corrected chi connectivity index (χ1v) is 11.4. The number of hydrogen-bond donors (Lipinski definition) is 2. The van der Waals surface area contributed by atoms with Gasteiger partial charge in [-0.25, -0.2) is 0 Å². The lowest BCUT2D eigenvalue weighted by molar-refractivity contribution is -0.141. The number of likely N-dealkylation sites (tertiary alicyclic amines) is 1. The Morgan fingerprint density at radius 3 is 2.80 bits per heavy atom. The smallest absolute Gasteiger partial charge is 0.280 e. The zero-order valence-electron chi connectivity index (χ0n) is 18.1. The predicted octanol–water partition coefficient (Wildman–Crippen LogP) is 1.37. The second-order valence-electron chi connectivity index (χ2n) is 9.50. The minimum absolute atomic E-state index is 0.0172. The summed E-state index contributed by atoms with van der Waals surface area (Å²) in [5.41, 5.74) is -0.270. The van der Waals surface area contributed by atoms with E-state index >= 15 is 0 Å². The van der Waals surface area contributed by atoms with E-state index in [4.69, 9.17) is 4.52 Å². The molecule has 0 radical (unpaired) electrons. The van der Waals surface area contributed by atoms with Crippen molar-refractivity contribution in [3.05, 3.63) is 22.2 Å². The predicted molar refractivity (Wildman–Crippen MR) is 112 cm³/mol. The molecule has 2 bridgehead atoms. The third kappa shape index (κ3) is 4.48. The third-order valence-electron chi connectivity index (χ3n) is 7.14. The fourth-order valence-corrected chi connectivity index (χ4v) is 5.63. The van der Waals surface area contributed by atoms with Gasteiger partial charge in [-0.05, 0) is 37.6 Å². The van der Waals surface area contributed by atoms with Gasteiger partial charge >= 0.3 is 0 Å². The van der Waals surface area contributed by atoms with Crippen molar-refractivity contribution >= 4 is 11.8 Å². The number of carbonyl (C=O) groups excluding carboxylic acids is 2. The minimum atomic E-state index is -0.270. The molecule has 0 aliphatic carbocycles. The Balaban J connectivity index is 1.43. The van der Waals surface area contributed by atoms with Gasteiger partial charge in [0.2, 0.25) is 11.8 Å². The van der Waals surface area contributed by atoms with Crippen LogP contribution in [0.2, 0.25) is 0 Å². The van der Waals surface area contributed by atoms with E-state index in [0.717, 1.165) is 26.1 Å². The molecule has 1 aromatic rings. The molecule has 3 aliphatic heterocycles. The lowest BCUT2D eigenvalue weighted by Gasteiger charge is -2.56. The van der Waals surface area contributed by atoms with Gasteiger partial charge in [0.15, 0.2) is 0 Å². The van der Waals surface area contributed by atoms with Crippen molar-refractivity contribution in [3.63, 3.8) is 0 Å². The van der Waals surface area contributed by atoms with Crippen LogP contribution in [0.25, 0.3) is 0 Å². The summed E-state index contributed by atoms with van der Waals surface area (Å²) in [5, 5.41) is 5.43. The van der Waals surface area contributed by atoms with Crippen LogP contribution >= 0.6 is 0 Å². The number of hydrogen-bond acceptors (Lipinski definition) is 5. The number of nitrogens with one attached hydrogen (secondary N) is 2. The number of H-pyrrole nitrogens is 1. The SMILES string of the molecule is CC(C)C(=O)NC[C@H]1[C@H]2C[C@H](CN(C(=O)CCc3cc(=O)[nH]o3)C2)[C@@H]2CCCCN21. The summed E-state index contributed by atoms with van der Waals surface area (Å²) >= 11 is 0. The first-order chi connectivity index (χ1) is 14.4. The van der Waals surface area contributed by atoms with E-state index in [1.54, 1.807) is 0 Å². The Bertz CT molecular complexity index is 816. The Kier molecular flexibility index (Phi) is 6.32. The first-order valence-electron chi connectivity index (χ1n) is 11.4. The summed E-state index contributed by atoms with van der Waals surface area (Å²) in [7, 11) is 0. The third-order valence-corrected chi connectivity index (χ3v) is 7.14. The van der Waals surface area contributed by atoms with Gasteiger partial charge in [0.05, 0.1) is 0 Å². The highest BCUT2D eigenvalue weighted by atomic mass is 16.5. The molecular weight excluding hydrogens is 384 g/mol. The number of fused-ring (bicyclic) bond motifs is 4. The van der Waals surface area contributed by atoms with Crippen LogP contribution in [0.5, 0.6) is 0 Å². The van der Waals surface area contributed by atoms with Crippen molar-refractivity contribution in [1.29, 1.82) is 0 Å². The maximum Gasteiger partial charge on any atom is 0.280 e. The largest absolute Gasteiger partial charge is 0.384 e. The van der Waals surface area contributed by atoms with Crippen LogP contribution < -0.4 is 10.9 Å². The van der Waals surface area contributed by atoms with Crippen LogP contribution in [0.3, 0.4) is 0 Å². The Labute approximate surface area is 177 Å². The van der Waals surface area contributed by atoms with Crippen molar-refractivity contribution < 1.29 is 14.1 Å². The molecule has 4 heterocycles. The number of nitrogens with zero attached hydrogens (tertiary/aromatic N) is 2. The Hall–Kier alpha value is -2.09. The van der Waals surface area contributed by atoms with E-state index < -0.39 is 0 Å². The van der Waals surface area contributed by atoms with Crippen LogP contribution in [0, 0.1) is 17.8 Å². The van der Waals surface area contributed by atoms with Crippen molar-refractivity contribution in [2.45, 2.75) is 64.5 Å². The van der Waals surface area contributed by atoms with Crippen molar-refractivity contribution in [2.24, 2.45) is 17.8 Å². The van der Waals surface area contributed by atoms with E-state index in [-0.39, 0.29) is 23.3 Å². The number of carbonyl (C=O) groups is 2. The summed E-state index contributed by atoms with van der Waals surface area (Å²) in [6.45, 7) is 7.17. The summed E-state index contributed by atoms with van der Waals surface area (Å²) in [4.78, 5) is 41.0. The highest BCUT2D eigenvalue weighted by Crippen LogP contribution is 2.41. The van der Waals surface area contributed by atoms with Crippen LogP contribution in [0.15, 0.2) is 15.4 Å². The van der Waals surface area contributed by atoms with Crippen molar-refractivity contribution in [2.75, 3.05) is 26.2 Å². The molecule has 3 fully saturated rings. The summed E-state index contributed by atoms with van der Waals surface area (Å²) in [6, 6.07) is 2.22. The normalized spacial score (nSPS) is 29.0. The lowest BCUT2D eigenvalue weighted by atomic mass is 9.72. The average Bonchev–Trinajstić information content (AvgIpc) is 3.16. The summed E-state index contributed by atoms with van der Waals surface area (Å²) < 4.78 is 5.08. The number of aromatic amines is 1. The fourth-order valence-electron chi connectivity index (χ4n) is 5.63. The molecule has 0 aromatic carbocycles. The monoisotopic (exact) mass is 418 g/mol. The van der Waals surface area contributed by atoms with Crippen LogP contribution in [0.4, 0.5) is 0 Å². The molecular formula is C22H34N4O4. The van der Waals surface area contributed by atoms with Gasteiger partial charge in [0.25, 0.3) is 5.56 Å². The number of aryl methyl sites for hydroxylation is 1. The highest BCUT2D eigenvalue weighted by Gasteiger charge is 2.47. The number of rotatable bonds is 6. The van der Waals surface area contributed by atoms with Gasteiger partial charge in [-0.1, -0.05) is 20.3 Å². The lowest BCUT2D eigenvalue weighted by Crippen LogP contribution is -2.66. The van der Waals surface area contributed by atoms with Gasteiger partial charge in [-0.15, -0.1) is 0 Å². The van der Waals surface area contributed by atoms with Crippen molar-refractivity contribution in [1.82, 2.24) is 20.3 Å². The van der Waals surface area contributed by atoms with E-state index in [1.165, 1.54) is 25.3 Å². The van der Waals surface area contributed by atoms with Crippen LogP contribution in [-0.2, 0) is 16.0 Å². The topological polar surface area (TPSA) is 98.7 Å². The first kappa shape index (κ1) is 21.2. The van der Waals surface area contributed by atoms with E-state index in [2.05, 4.69) is 15.4 Å². The zero-order valence-corrected chi connectivity index (χ0v) is 18.1. The van der Waals surface area contributed by atoms with Crippen molar-refractivity contribution in [3.8, 4) is 0 Å². The molecule has 3 aliphatic rings. The fraction of sp³-hybridized carbons (Fsp3) is 0.773. The molecule has 166 valence electrons. The van der Waals surface area contributed by atoms with Gasteiger partial charge in [-0.3, -0.25) is 19.3 Å².